The number of fused-ring (bicyclic) bond motifs is 1. The lowest BCUT2D eigenvalue weighted by atomic mass is 9.68. The summed E-state index contributed by atoms with van der Waals surface area (Å²) in [7, 11) is -1.53. The number of ketones is 1. The fourth-order valence-corrected chi connectivity index (χ4v) is 7.28. The van der Waals surface area contributed by atoms with Crippen LogP contribution in [0.1, 0.15) is 59.8 Å². The third-order valence-electron chi connectivity index (χ3n) is 6.11. The quantitative estimate of drug-likeness (QED) is 0.692. The van der Waals surface area contributed by atoms with Gasteiger partial charge in [-0.05, 0) is 49.7 Å². The van der Waals surface area contributed by atoms with Crippen molar-refractivity contribution in [2.75, 3.05) is 0 Å². The molecule has 2 nitrogen and oxygen atoms in total. The molecule has 0 aliphatic heterocycles. The molecule has 19 heavy (non-hydrogen) atoms. The molecule has 2 aliphatic carbocycles. The van der Waals surface area contributed by atoms with Crippen LogP contribution in [0, 0.1) is 11.3 Å². The van der Waals surface area contributed by atoms with Crippen molar-refractivity contribution in [2.24, 2.45) is 11.3 Å². The second-order valence-electron chi connectivity index (χ2n) is 6.78. The first-order valence-electron chi connectivity index (χ1n) is 8.22. The molecular weight excluding hydrogens is 252 g/mol. The van der Waals surface area contributed by atoms with Crippen LogP contribution in [0.2, 0.25) is 18.1 Å². The van der Waals surface area contributed by atoms with E-state index in [4.69, 9.17) is 4.43 Å². The average molecular weight is 282 g/mol. The van der Waals surface area contributed by atoms with Crippen molar-refractivity contribution in [3.63, 3.8) is 0 Å². The van der Waals surface area contributed by atoms with E-state index >= 15 is 0 Å². The van der Waals surface area contributed by atoms with Crippen LogP contribution in [0.3, 0.4) is 0 Å². The van der Waals surface area contributed by atoms with E-state index in [9.17, 15) is 4.79 Å². The van der Waals surface area contributed by atoms with Crippen molar-refractivity contribution in [1.29, 1.82) is 0 Å². The number of carbonyl (C=O) groups is 1. The SMILES string of the molecule is CC[Si](CC)(CC)O[C@H]1CCCC2(C)C(=O)CC[C@@H]12. The van der Waals surface area contributed by atoms with Gasteiger partial charge in [0.1, 0.15) is 5.78 Å². The van der Waals surface area contributed by atoms with E-state index in [1.165, 1.54) is 31.0 Å². The number of carbonyl (C=O) groups excluding carboxylic acids is 1. The van der Waals surface area contributed by atoms with Gasteiger partial charge in [0, 0.05) is 17.9 Å². The Labute approximate surface area is 119 Å². The zero-order valence-corrected chi connectivity index (χ0v) is 14.1. The second kappa shape index (κ2) is 5.69. The van der Waals surface area contributed by atoms with E-state index in [-0.39, 0.29) is 5.41 Å². The summed E-state index contributed by atoms with van der Waals surface area (Å²) in [5.41, 5.74) is -0.0573. The number of hydrogen-bond acceptors (Lipinski definition) is 2. The molecule has 3 heteroatoms. The van der Waals surface area contributed by atoms with Gasteiger partial charge in [-0.3, -0.25) is 4.79 Å². The normalized spacial score (nSPS) is 35.5. The zero-order valence-electron chi connectivity index (χ0n) is 13.1. The van der Waals surface area contributed by atoms with Crippen molar-refractivity contribution < 1.29 is 9.22 Å². The topological polar surface area (TPSA) is 26.3 Å². The van der Waals surface area contributed by atoms with Crippen molar-refractivity contribution in [2.45, 2.75) is 84.0 Å². The molecule has 0 aromatic heterocycles. The summed E-state index contributed by atoms with van der Waals surface area (Å²) in [6.07, 6.45) is 5.68. The van der Waals surface area contributed by atoms with Gasteiger partial charge >= 0.3 is 0 Å². The summed E-state index contributed by atoms with van der Waals surface area (Å²) in [6.45, 7) is 9.08. The highest BCUT2D eigenvalue weighted by Gasteiger charge is 2.52. The van der Waals surface area contributed by atoms with E-state index in [1.807, 2.05) is 0 Å². The first-order chi connectivity index (χ1) is 9.01. The second-order valence-corrected chi connectivity index (χ2v) is 11.5. The van der Waals surface area contributed by atoms with Crippen LogP contribution in [0.4, 0.5) is 0 Å². The molecule has 2 fully saturated rings. The van der Waals surface area contributed by atoms with Gasteiger partial charge < -0.3 is 4.43 Å². The zero-order chi connectivity index (χ0) is 14.1. The number of rotatable bonds is 5. The highest BCUT2D eigenvalue weighted by molar-refractivity contribution is 6.73. The molecular formula is C16H30O2Si. The average Bonchev–Trinajstić information content (AvgIpc) is 2.73. The van der Waals surface area contributed by atoms with Crippen molar-refractivity contribution >= 4 is 14.1 Å². The lowest BCUT2D eigenvalue weighted by Crippen LogP contribution is -2.48. The van der Waals surface area contributed by atoms with Crippen LogP contribution < -0.4 is 0 Å². The fourth-order valence-electron chi connectivity index (χ4n) is 4.35. The van der Waals surface area contributed by atoms with Gasteiger partial charge in [-0.1, -0.05) is 27.7 Å². The van der Waals surface area contributed by atoms with E-state index < -0.39 is 8.32 Å². The van der Waals surface area contributed by atoms with Gasteiger partial charge in [-0.25, -0.2) is 0 Å². The monoisotopic (exact) mass is 282 g/mol. The first kappa shape index (κ1) is 15.2. The minimum atomic E-state index is -1.53. The highest BCUT2D eigenvalue weighted by atomic mass is 28.4. The summed E-state index contributed by atoms with van der Waals surface area (Å²) < 4.78 is 6.74. The molecule has 0 spiro atoms. The smallest absolute Gasteiger partial charge is 0.192 e. The van der Waals surface area contributed by atoms with Gasteiger partial charge in [0.2, 0.25) is 0 Å². The maximum absolute atomic E-state index is 12.2. The Hall–Kier alpha value is -0.153. The molecule has 3 atom stereocenters. The van der Waals surface area contributed by atoms with Crippen molar-refractivity contribution in [1.82, 2.24) is 0 Å². The Morgan fingerprint density at radius 1 is 1.21 bits per heavy atom. The molecule has 0 amide bonds. The molecule has 0 heterocycles. The third kappa shape index (κ3) is 2.56. The standard InChI is InChI=1S/C16H30O2Si/c1-5-19(6-2,7-3)18-14-9-8-12-16(4)13(14)10-11-15(16)17/h13-14H,5-12H2,1-4H3/t13-,14-,16?/m0/s1. The summed E-state index contributed by atoms with van der Waals surface area (Å²) >= 11 is 0. The van der Waals surface area contributed by atoms with Crippen LogP contribution >= 0.6 is 0 Å². The van der Waals surface area contributed by atoms with Crippen LogP contribution in [-0.4, -0.2) is 20.2 Å². The Kier molecular flexibility index (Phi) is 4.56. The summed E-state index contributed by atoms with van der Waals surface area (Å²) in [5.74, 6) is 1.01. The van der Waals surface area contributed by atoms with Gasteiger partial charge in [0.15, 0.2) is 8.32 Å². The largest absolute Gasteiger partial charge is 0.414 e. The van der Waals surface area contributed by atoms with Crippen LogP contribution in [0.15, 0.2) is 0 Å². The van der Waals surface area contributed by atoms with E-state index in [0.717, 1.165) is 19.3 Å². The maximum atomic E-state index is 12.2. The molecule has 0 saturated heterocycles. The Morgan fingerprint density at radius 2 is 1.84 bits per heavy atom. The molecule has 0 bridgehead atoms. The molecule has 110 valence electrons. The van der Waals surface area contributed by atoms with E-state index in [1.54, 1.807) is 0 Å². The van der Waals surface area contributed by atoms with Gasteiger partial charge in [0.05, 0.1) is 0 Å². The molecule has 2 rings (SSSR count). The highest BCUT2D eigenvalue weighted by Crippen LogP contribution is 2.51. The Bertz CT molecular complexity index is 329. The lowest BCUT2D eigenvalue weighted by molar-refractivity contribution is -0.130. The number of hydrogen-bond donors (Lipinski definition) is 0. The predicted octanol–water partition coefficient (Wildman–Crippen LogP) is 4.55. The van der Waals surface area contributed by atoms with Crippen LogP contribution in [0.5, 0.6) is 0 Å². The fraction of sp³-hybridized carbons (Fsp3) is 0.938. The van der Waals surface area contributed by atoms with Crippen molar-refractivity contribution in [3.05, 3.63) is 0 Å². The molecule has 0 radical (unpaired) electrons. The van der Waals surface area contributed by atoms with Crippen LogP contribution in [0.25, 0.3) is 0 Å². The molecule has 1 unspecified atom stereocenters. The molecule has 2 saturated carbocycles. The minimum Gasteiger partial charge on any atom is -0.414 e. The maximum Gasteiger partial charge on any atom is 0.192 e. The molecule has 0 aromatic carbocycles. The van der Waals surface area contributed by atoms with E-state index in [2.05, 4.69) is 27.7 Å². The summed E-state index contributed by atoms with van der Waals surface area (Å²) in [4.78, 5) is 12.2. The van der Waals surface area contributed by atoms with Crippen molar-refractivity contribution in [3.8, 4) is 0 Å². The Morgan fingerprint density at radius 3 is 2.42 bits per heavy atom. The summed E-state index contributed by atoms with van der Waals surface area (Å²) in [6, 6.07) is 3.65. The first-order valence-corrected chi connectivity index (χ1v) is 10.8. The Balaban J connectivity index is 2.14. The van der Waals surface area contributed by atoms with Crippen LogP contribution in [-0.2, 0) is 9.22 Å². The van der Waals surface area contributed by atoms with Gasteiger partial charge in [0.25, 0.3) is 0 Å². The minimum absolute atomic E-state index is 0.0573. The number of Topliss-reactive ketones (excluding diaryl/α,β-unsaturated/α-hetero) is 1. The third-order valence-corrected chi connectivity index (χ3v) is 10.8. The summed E-state index contributed by atoms with van der Waals surface area (Å²) in [5, 5.41) is 0. The molecule has 0 aromatic rings. The lowest BCUT2D eigenvalue weighted by Gasteiger charge is -2.44. The van der Waals surface area contributed by atoms with E-state index in [0.29, 0.717) is 17.8 Å². The molecule has 2 aliphatic rings. The van der Waals surface area contributed by atoms with Gasteiger partial charge in [-0.2, -0.15) is 0 Å². The molecule has 0 N–H and O–H groups in total. The predicted molar refractivity (Wildman–Crippen MR) is 81.8 cm³/mol. The van der Waals surface area contributed by atoms with Gasteiger partial charge in [-0.15, -0.1) is 0 Å².